The topological polar surface area (TPSA) is 83.8 Å². The number of nitrogens with zero attached hydrogens (tertiary/aromatic N) is 3. The summed E-state index contributed by atoms with van der Waals surface area (Å²) in [5, 5.41) is 13.7. The average molecular weight is 291 g/mol. The van der Waals surface area contributed by atoms with Crippen LogP contribution in [0.3, 0.4) is 0 Å². The van der Waals surface area contributed by atoms with E-state index in [2.05, 4.69) is 15.1 Å². The third kappa shape index (κ3) is 1.85. The predicted molar refractivity (Wildman–Crippen MR) is 75.0 cm³/mol. The van der Waals surface area contributed by atoms with Crippen LogP contribution in [-0.2, 0) is 7.05 Å². The molecule has 7 heteroatoms. The van der Waals surface area contributed by atoms with Gasteiger partial charge in [-0.1, -0.05) is 11.6 Å². The van der Waals surface area contributed by atoms with Crippen LogP contribution in [0.1, 0.15) is 16.1 Å². The van der Waals surface area contributed by atoms with Gasteiger partial charge in [0, 0.05) is 7.05 Å². The standard InChI is InChI=1S/C13H11ClN4O2/c1-6-10(11(14)18(2)17-6)12-15-8-4-3-7(13(19)20)5-9(8)16-12/h3-5H,1-2H3,(H,15,16)(H,19,20). The number of fused-ring (bicyclic) bond motifs is 1. The Hall–Kier alpha value is -2.34. The number of rotatable bonds is 2. The summed E-state index contributed by atoms with van der Waals surface area (Å²) >= 11 is 6.20. The van der Waals surface area contributed by atoms with E-state index in [1.54, 1.807) is 23.9 Å². The Morgan fingerprint density at radius 1 is 1.45 bits per heavy atom. The van der Waals surface area contributed by atoms with Gasteiger partial charge in [-0.25, -0.2) is 9.78 Å². The largest absolute Gasteiger partial charge is 0.478 e. The third-order valence-electron chi connectivity index (χ3n) is 3.12. The highest BCUT2D eigenvalue weighted by molar-refractivity contribution is 6.32. The van der Waals surface area contributed by atoms with E-state index < -0.39 is 5.97 Å². The molecule has 0 bridgehead atoms. The van der Waals surface area contributed by atoms with Crippen molar-refractivity contribution in [3.8, 4) is 11.4 Å². The Bertz CT molecular complexity index is 834. The van der Waals surface area contributed by atoms with Crippen LogP contribution in [0.2, 0.25) is 5.15 Å². The van der Waals surface area contributed by atoms with Crippen LogP contribution in [0.5, 0.6) is 0 Å². The maximum absolute atomic E-state index is 11.0. The summed E-state index contributed by atoms with van der Waals surface area (Å²) in [6.07, 6.45) is 0. The number of carboxylic acids is 1. The van der Waals surface area contributed by atoms with Crippen molar-refractivity contribution in [2.45, 2.75) is 6.92 Å². The van der Waals surface area contributed by atoms with Crippen molar-refractivity contribution in [3.63, 3.8) is 0 Å². The van der Waals surface area contributed by atoms with Crippen molar-refractivity contribution in [1.82, 2.24) is 19.7 Å². The van der Waals surface area contributed by atoms with Crippen molar-refractivity contribution >= 4 is 28.6 Å². The molecule has 2 aromatic heterocycles. The number of aryl methyl sites for hydroxylation is 2. The van der Waals surface area contributed by atoms with Crippen molar-refractivity contribution in [3.05, 3.63) is 34.6 Å². The molecule has 102 valence electrons. The van der Waals surface area contributed by atoms with Gasteiger partial charge < -0.3 is 10.1 Å². The molecule has 0 spiro atoms. The van der Waals surface area contributed by atoms with E-state index in [4.69, 9.17) is 16.7 Å². The fourth-order valence-electron chi connectivity index (χ4n) is 2.16. The van der Waals surface area contributed by atoms with E-state index in [-0.39, 0.29) is 5.56 Å². The molecule has 0 aliphatic rings. The molecule has 0 saturated carbocycles. The number of hydrogen-bond donors (Lipinski definition) is 2. The first-order valence-corrected chi connectivity index (χ1v) is 6.27. The first kappa shape index (κ1) is 12.7. The quantitative estimate of drug-likeness (QED) is 0.760. The van der Waals surface area contributed by atoms with Crippen molar-refractivity contribution in [2.24, 2.45) is 7.05 Å². The number of aromatic carboxylic acids is 1. The molecule has 20 heavy (non-hydrogen) atoms. The number of aromatic nitrogens is 4. The third-order valence-corrected chi connectivity index (χ3v) is 3.55. The van der Waals surface area contributed by atoms with Crippen LogP contribution in [0.15, 0.2) is 18.2 Å². The predicted octanol–water partition coefficient (Wildman–Crippen LogP) is 2.62. The van der Waals surface area contributed by atoms with Gasteiger partial charge in [0.05, 0.1) is 27.9 Å². The van der Waals surface area contributed by atoms with E-state index in [0.717, 1.165) is 11.3 Å². The van der Waals surface area contributed by atoms with E-state index >= 15 is 0 Å². The van der Waals surface area contributed by atoms with Gasteiger partial charge in [0.25, 0.3) is 0 Å². The zero-order valence-corrected chi connectivity index (χ0v) is 11.6. The molecule has 3 aromatic rings. The Kier molecular flexibility index (Phi) is 2.76. The van der Waals surface area contributed by atoms with Crippen LogP contribution in [-0.4, -0.2) is 30.8 Å². The molecular formula is C13H11ClN4O2. The van der Waals surface area contributed by atoms with E-state index in [0.29, 0.717) is 22.0 Å². The number of hydrogen-bond acceptors (Lipinski definition) is 3. The molecule has 0 fully saturated rings. The first-order chi connectivity index (χ1) is 9.47. The molecule has 0 amide bonds. The van der Waals surface area contributed by atoms with Crippen LogP contribution in [0.25, 0.3) is 22.4 Å². The van der Waals surface area contributed by atoms with E-state index in [1.165, 1.54) is 6.07 Å². The highest BCUT2D eigenvalue weighted by Crippen LogP contribution is 2.30. The lowest BCUT2D eigenvalue weighted by molar-refractivity contribution is 0.0697. The Morgan fingerprint density at radius 3 is 2.80 bits per heavy atom. The molecule has 0 aliphatic carbocycles. The van der Waals surface area contributed by atoms with Gasteiger partial charge in [-0.15, -0.1) is 0 Å². The number of carboxylic acid groups (broad SMARTS) is 1. The van der Waals surface area contributed by atoms with Gasteiger partial charge in [0.15, 0.2) is 0 Å². The van der Waals surface area contributed by atoms with Crippen molar-refractivity contribution < 1.29 is 9.90 Å². The summed E-state index contributed by atoms with van der Waals surface area (Å²) in [5.74, 6) is -0.392. The second-order valence-corrected chi connectivity index (χ2v) is 4.86. The number of nitrogens with one attached hydrogen (secondary N) is 1. The number of imidazole rings is 1. The second-order valence-electron chi connectivity index (χ2n) is 4.50. The zero-order valence-electron chi connectivity index (χ0n) is 10.8. The highest BCUT2D eigenvalue weighted by Gasteiger charge is 2.17. The molecular weight excluding hydrogens is 280 g/mol. The molecule has 0 aliphatic heterocycles. The highest BCUT2D eigenvalue weighted by atomic mass is 35.5. The van der Waals surface area contributed by atoms with Crippen LogP contribution < -0.4 is 0 Å². The normalized spacial score (nSPS) is 11.2. The molecule has 0 atom stereocenters. The lowest BCUT2D eigenvalue weighted by Crippen LogP contribution is -1.94. The molecule has 1 aromatic carbocycles. The SMILES string of the molecule is Cc1nn(C)c(Cl)c1-c1nc2ccc(C(=O)O)cc2[nH]1. The Balaban J connectivity index is 2.20. The summed E-state index contributed by atoms with van der Waals surface area (Å²) in [4.78, 5) is 18.5. The van der Waals surface area contributed by atoms with Crippen molar-refractivity contribution in [1.29, 1.82) is 0 Å². The van der Waals surface area contributed by atoms with E-state index in [9.17, 15) is 4.79 Å². The summed E-state index contributed by atoms with van der Waals surface area (Å²) in [6, 6.07) is 4.74. The summed E-state index contributed by atoms with van der Waals surface area (Å²) in [7, 11) is 1.75. The lowest BCUT2D eigenvalue weighted by atomic mass is 10.2. The molecule has 0 saturated heterocycles. The minimum Gasteiger partial charge on any atom is -0.478 e. The first-order valence-electron chi connectivity index (χ1n) is 5.90. The van der Waals surface area contributed by atoms with Crippen molar-refractivity contribution in [2.75, 3.05) is 0 Å². The molecule has 0 unspecified atom stereocenters. The molecule has 2 heterocycles. The van der Waals surface area contributed by atoms with E-state index in [1.807, 2.05) is 6.92 Å². The number of halogens is 1. The van der Waals surface area contributed by atoms with Gasteiger partial charge in [-0.05, 0) is 25.1 Å². The Labute approximate surface area is 119 Å². The minimum atomic E-state index is -0.973. The monoisotopic (exact) mass is 290 g/mol. The fourth-order valence-corrected chi connectivity index (χ4v) is 2.42. The average Bonchev–Trinajstić information content (AvgIpc) is 2.90. The van der Waals surface area contributed by atoms with Crippen LogP contribution in [0, 0.1) is 6.92 Å². The van der Waals surface area contributed by atoms with Crippen LogP contribution >= 0.6 is 11.6 Å². The maximum atomic E-state index is 11.0. The second kappa shape index (κ2) is 4.35. The van der Waals surface area contributed by atoms with Gasteiger partial charge in [0.2, 0.25) is 0 Å². The number of aromatic amines is 1. The molecule has 6 nitrogen and oxygen atoms in total. The van der Waals surface area contributed by atoms with Gasteiger partial charge in [-0.3, -0.25) is 4.68 Å². The molecule has 2 N–H and O–H groups in total. The smallest absolute Gasteiger partial charge is 0.335 e. The summed E-state index contributed by atoms with van der Waals surface area (Å²) < 4.78 is 1.57. The maximum Gasteiger partial charge on any atom is 0.335 e. The van der Waals surface area contributed by atoms with Gasteiger partial charge in [0.1, 0.15) is 11.0 Å². The summed E-state index contributed by atoms with van der Waals surface area (Å²) in [5.41, 5.74) is 3.03. The Morgan fingerprint density at radius 2 is 2.20 bits per heavy atom. The lowest BCUT2D eigenvalue weighted by Gasteiger charge is -1.94. The van der Waals surface area contributed by atoms with Crippen LogP contribution in [0.4, 0.5) is 0 Å². The number of benzene rings is 1. The molecule has 0 radical (unpaired) electrons. The van der Waals surface area contributed by atoms with Gasteiger partial charge >= 0.3 is 5.97 Å². The van der Waals surface area contributed by atoms with Gasteiger partial charge in [-0.2, -0.15) is 5.10 Å². The number of H-pyrrole nitrogens is 1. The zero-order chi connectivity index (χ0) is 14.4. The summed E-state index contributed by atoms with van der Waals surface area (Å²) in [6.45, 7) is 1.84. The fraction of sp³-hybridized carbons (Fsp3) is 0.154. The number of carbonyl (C=O) groups is 1. The minimum absolute atomic E-state index is 0.210. The molecule has 3 rings (SSSR count).